The molecule has 0 bridgehead atoms. The minimum absolute atomic E-state index is 0.000540. The van der Waals surface area contributed by atoms with Gasteiger partial charge in [0.25, 0.3) is 0 Å². The summed E-state index contributed by atoms with van der Waals surface area (Å²) < 4.78 is 0. The van der Waals surface area contributed by atoms with E-state index in [0.29, 0.717) is 11.0 Å². The second-order valence-corrected chi connectivity index (χ2v) is 3.37. The number of hydrogen-bond acceptors (Lipinski definition) is 3. The average molecular weight is 223 g/mol. The third-order valence-electron chi connectivity index (χ3n) is 2.09. The van der Waals surface area contributed by atoms with Gasteiger partial charge in [0.2, 0.25) is 6.19 Å². The van der Waals surface area contributed by atoms with E-state index in [4.69, 9.17) is 16.9 Å². The van der Waals surface area contributed by atoms with Crippen molar-refractivity contribution in [2.75, 3.05) is 7.05 Å². The third kappa shape index (κ3) is 2.93. The highest BCUT2D eigenvalue weighted by atomic mass is 35.5. The Morgan fingerprint density at radius 1 is 1.67 bits per heavy atom. The van der Waals surface area contributed by atoms with E-state index < -0.39 is 0 Å². The van der Waals surface area contributed by atoms with Gasteiger partial charge < -0.3 is 5.32 Å². The van der Waals surface area contributed by atoms with Crippen molar-refractivity contribution < 1.29 is 0 Å². The molecule has 1 unspecified atom stereocenters. The molecule has 4 nitrogen and oxygen atoms in total. The molecule has 1 heterocycles. The number of rotatable bonds is 2. The van der Waals surface area contributed by atoms with Gasteiger partial charge in [-0.1, -0.05) is 24.6 Å². The van der Waals surface area contributed by atoms with Crippen LogP contribution in [0.2, 0.25) is 5.15 Å². The van der Waals surface area contributed by atoms with Gasteiger partial charge in [-0.25, -0.2) is 4.98 Å². The van der Waals surface area contributed by atoms with Crippen LogP contribution in [0.1, 0.15) is 18.4 Å². The molecule has 0 aromatic carbocycles. The largest absolute Gasteiger partial charge is 0.375 e. The van der Waals surface area contributed by atoms with Crippen LogP contribution in [0.4, 0.5) is 0 Å². The van der Waals surface area contributed by atoms with Gasteiger partial charge in [-0.2, -0.15) is 10.3 Å². The van der Waals surface area contributed by atoms with Crippen molar-refractivity contribution >= 4 is 17.4 Å². The molecular formula is C10H11ClN4. The van der Waals surface area contributed by atoms with Crippen molar-refractivity contribution in [2.45, 2.75) is 12.8 Å². The van der Waals surface area contributed by atoms with Crippen LogP contribution in [-0.2, 0) is 0 Å². The molecule has 0 radical (unpaired) electrons. The normalized spacial score (nSPS) is 13.1. The SMILES string of the molecule is CN/C(=N\C#N)C(C)c1ccc(Cl)nc1. The Kier molecular flexibility index (Phi) is 4.07. The molecule has 0 aliphatic heterocycles. The lowest BCUT2D eigenvalue weighted by Gasteiger charge is -2.12. The first-order valence-corrected chi connectivity index (χ1v) is 4.82. The lowest BCUT2D eigenvalue weighted by Crippen LogP contribution is -2.24. The summed E-state index contributed by atoms with van der Waals surface area (Å²) in [5.74, 6) is 0.612. The van der Waals surface area contributed by atoms with E-state index in [1.54, 1.807) is 25.5 Å². The molecule has 0 saturated heterocycles. The molecule has 1 aromatic heterocycles. The minimum atomic E-state index is -0.000540. The molecular weight excluding hydrogens is 212 g/mol. The number of pyridine rings is 1. The number of nitrogens with one attached hydrogen (secondary N) is 1. The van der Waals surface area contributed by atoms with Gasteiger partial charge in [-0.05, 0) is 11.6 Å². The number of halogens is 1. The predicted molar refractivity (Wildman–Crippen MR) is 59.8 cm³/mol. The zero-order valence-corrected chi connectivity index (χ0v) is 9.28. The van der Waals surface area contributed by atoms with Crippen LogP contribution in [0.15, 0.2) is 23.3 Å². The number of nitrogens with zero attached hydrogens (tertiary/aromatic N) is 3. The minimum Gasteiger partial charge on any atom is -0.375 e. The third-order valence-corrected chi connectivity index (χ3v) is 2.31. The highest BCUT2D eigenvalue weighted by Gasteiger charge is 2.11. The van der Waals surface area contributed by atoms with E-state index in [9.17, 15) is 0 Å². The number of likely N-dealkylation sites (N-methyl/N-ethyl adjacent to an activating group) is 1. The van der Waals surface area contributed by atoms with E-state index in [1.165, 1.54) is 0 Å². The fraction of sp³-hybridized carbons (Fsp3) is 0.300. The lowest BCUT2D eigenvalue weighted by atomic mass is 10.0. The summed E-state index contributed by atoms with van der Waals surface area (Å²) in [6.07, 6.45) is 3.44. The van der Waals surface area contributed by atoms with Crippen LogP contribution in [0.5, 0.6) is 0 Å². The average Bonchev–Trinajstić information content (AvgIpc) is 2.26. The fourth-order valence-electron chi connectivity index (χ4n) is 1.22. The maximum atomic E-state index is 8.49. The summed E-state index contributed by atoms with van der Waals surface area (Å²) >= 11 is 5.68. The fourth-order valence-corrected chi connectivity index (χ4v) is 1.34. The first-order valence-electron chi connectivity index (χ1n) is 4.45. The smallest absolute Gasteiger partial charge is 0.207 e. The Balaban J connectivity index is 2.94. The van der Waals surface area contributed by atoms with Crippen LogP contribution in [0, 0.1) is 11.5 Å². The summed E-state index contributed by atoms with van der Waals surface area (Å²) in [7, 11) is 1.73. The first-order chi connectivity index (χ1) is 7.19. The zero-order chi connectivity index (χ0) is 11.3. The number of hydrogen-bond donors (Lipinski definition) is 1. The molecule has 0 amide bonds. The highest BCUT2D eigenvalue weighted by molar-refractivity contribution is 6.29. The first kappa shape index (κ1) is 11.5. The van der Waals surface area contributed by atoms with Gasteiger partial charge in [0.1, 0.15) is 11.0 Å². The standard InChI is InChI=1S/C10H11ClN4/c1-7(10(13-2)15-6-12)8-3-4-9(11)14-5-8/h3-5,7H,1-2H3,(H,13,15). The van der Waals surface area contributed by atoms with Crippen LogP contribution in [-0.4, -0.2) is 17.9 Å². The zero-order valence-electron chi connectivity index (χ0n) is 8.53. The maximum absolute atomic E-state index is 8.49. The molecule has 0 spiro atoms. The van der Waals surface area contributed by atoms with Crippen molar-refractivity contribution in [2.24, 2.45) is 4.99 Å². The topological polar surface area (TPSA) is 61.1 Å². The van der Waals surface area contributed by atoms with Crippen LogP contribution < -0.4 is 5.32 Å². The van der Waals surface area contributed by atoms with Gasteiger partial charge in [0.05, 0.1) is 0 Å². The monoisotopic (exact) mass is 222 g/mol. The van der Waals surface area contributed by atoms with E-state index >= 15 is 0 Å². The number of amidine groups is 1. The summed E-state index contributed by atoms with van der Waals surface area (Å²) in [5.41, 5.74) is 0.961. The van der Waals surface area contributed by atoms with Crippen LogP contribution >= 0.6 is 11.6 Å². The summed E-state index contributed by atoms with van der Waals surface area (Å²) in [6.45, 7) is 1.94. The summed E-state index contributed by atoms with van der Waals surface area (Å²) in [6, 6.07) is 3.58. The maximum Gasteiger partial charge on any atom is 0.207 e. The Morgan fingerprint density at radius 3 is 2.87 bits per heavy atom. The molecule has 78 valence electrons. The molecule has 0 aliphatic carbocycles. The number of nitriles is 1. The van der Waals surface area contributed by atoms with Gasteiger partial charge in [0, 0.05) is 19.2 Å². The molecule has 1 N–H and O–H groups in total. The van der Waals surface area contributed by atoms with E-state index in [1.807, 2.05) is 13.0 Å². The molecule has 0 fully saturated rings. The summed E-state index contributed by atoms with van der Waals surface area (Å²) in [4.78, 5) is 7.67. The molecule has 5 heteroatoms. The number of aromatic nitrogens is 1. The Bertz CT molecular complexity index is 391. The van der Waals surface area contributed by atoms with Gasteiger partial charge in [-0.15, -0.1) is 0 Å². The van der Waals surface area contributed by atoms with Crippen molar-refractivity contribution in [1.82, 2.24) is 10.3 Å². The van der Waals surface area contributed by atoms with Gasteiger partial charge in [-0.3, -0.25) is 0 Å². The van der Waals surface area contributed by atoms with Gasteiger partial charge in [0.15, 0.2) is 0 Å². The van der Waals surface area contributed by atoms with Gasteiger partial charge >= 0.3 is 0 Å². The molecule has 1 aromatic rings. The van der Waals surface area contributed by atoms with Crippen LogP contribution in [0.3, 0.4) is 0 Å². The lowest BCUT2D eigenvalue weighted by molar-refractivity contribution is 0.936. The Morgan fingerprint density at radius 2 is 2.40 bits per heavy atom. The Labute approximate surface area is 93.6 Å². The van der Waals surface area contributed by atoms with Crippen molar-refractivity contribution in [3.63, 3.8) is 0 Å². The molecule has 1 atom stereocenters. The second kappa shape index (κ2) is 5.32. The Hall–Kier alpha value is -1.60. The predicted octanol–water partition coefficient (Wildman–Crippen LogP) is 1.94. The highest BCUT2D eigenvalue weighted by Crippen LogP contribution is 2.16. The van der Waals surface area contributed by atoms with E-state index in [-0.39, 0.29) is 5.92 Å². The molecule has 0 aliphatic rings. The van der Waals surface area contributed by atoms with Crippen molar-refractivity contribution in [1.29, 1.82) is 5.26 Å². The summed E-state index contributed by atoms with van der Waals surface area (Å²) in [5, 5.41) is 11.8. The number of aliphatic imine (C=N–C) groups is 1. The van der Waals surface area contributed by atoms with Crippen molar-refractivity contribution in [3.05, 3.63) is 29.0 Å². The quantitative estimate of drug-likeness (QED) is 0.360. The van der Waals surface area contributed by atoms with E-state index in [2.05, 4.69) is 15.3 Å². The van der Waals surface area contributed by atoms with Crippen LogP contribution in [0.25, 0.3) is 0 Å². The van der Waals surface area contributed by atoms with Crippen molar-refractivity contribution in [3.8, 4) is 6.19 Å². The molecule has 1 rings (SSSR count). The second-order valence-electron chi connectivity index (χ2n) is 2.98. The molecule has 0 saturated carbocycles. The van der Waals surface area contributed by atoms with E-state index in [0.717, 1.165) is 5.56 Å². The molecule has 15 heavy (non-hydrogen) atoms.